The summed E-state index contributed by atoms with van der Waals surface area (Å²) >= 11 is 2.18. The van der Waals surface area contributed by atoms with Gasteiger partial charge in [0, 0.05) is 23.9 Å². The van der Waals surface area contributed by atoms with Gasteiger partial charge >= 0.3 is 0 Å². The average molecular weight is 264 g/mol. The molecule has 11 heavy (non-hydrogen) atoms. The van der Waals surface area contributed by atoms with E-state index < -0.39 is 0 Å². The zero-order valence-electron chi connectivity index (χ0n) is 6.39. The number of hydrogen-bond donors (Lipinski definition) is 1. The molecule has 0 aromatic carbocycles. The lowest BCUT2D eigenvalue weighted by molar-refractivity contribution is 0.0955. The molecule has 1 amide bonds. The largest absolute Gasteiger partial charge is 0.354 e. The van der Waals surface area contributed by atoms with Gasteiger partial charge in [0.05, 0.1) is 0 Å². The Labute approximate surface area is 78.9 Å². The first-order valence-corrected chi connectivity index (χ1v) is 4.27. The second kappa shape index (κ2) is 3.25. The maximum atomic E-state index is 11.1. The van der Waals surface area contributed by atoms with E-state index in [1.54, 1.807) is 11.6 Å². The van der Waals surface area contributed by atoms with Gasteiger partial charge in [0.1, 0.15) is 5.69 Å². The third-order valence-electron chi connectivity index (χ3n) is 1.43. The van der Waals surface area contributed by atoms with Crippen LogP contribution in [0, 0.1) is 3.57 Å². The summed E-state index contributed by atoms with van der Waals surface area (Å²) in [4.78, 5) is 11.1. The Kier molecular flexibility index (Phi) is 2.53. The van der Waals surface area contributed by atoms with E-state index in [4.69, 9.17) is 0 Å². The summed E-state index contributed by atoms with van der Waals surface area (Å²) < 4.78 is 2.88. The van der Waals surface area contributed by atoms with E-state index in [1.165, 1.54) is 0 Å². The number of nitrogens with one attached hydrogen (secondary N) is 1. The van der Waals surface area contributed by atoms with Crippen LogP contribution in [0.4, 0.5) is 0 Å². The Balaban J connectivity index is 3.03. The van der Waals surface area contributed by atoms with Crippen LogP contribution in [-0.4, -0.2) is 17.5 Å². The van der Waals surface area contributed by atoms with Gasteiger partial charge in [-0.1, -0.05) is 0 Å². The minimum absolute atomic E-state index is 0.0459. The van der Waals surface area contributed by atoms with Crippen LogP contribution in [0.25, 0.3) is 0 Å². The third kappa shape index (κ3) is 1.74. The molecular formula is C7H9IN2O. The zero-order valence-corrected chi connectivity index (χ0v) is 8.55. The van der Waals surface area contributed by atoms with Crippen molar-refractivity contribution < 1.29 is 4.79 Å². The molecule has 0 aliphatic carbocycles. The van der Waals surface area contributed by atoms with Crippen molar-refractivity contribution in [1.29, 1.82) is 0 Å². The number of aryl methyl sites for hydroxylation is 1. The molecular weight excluding hydrogens is 255 g/mol. The molecule has 0 fully saturated rings. The molecule has 0 aliphatic heterocycles. The van der Waals surface area contributed by atoms with Crippen molar-refractivity contribution in [3.05, 3.63) is 21.5 Å². The van der Waals surface area contributed by atoms with Gasteiger partial charge in [-0.2, -0.15) is 0 Å². The minimum Gasteiger partial charge on any atom is -0.354 e. The first-order valence-electron chi connectivity index (χ1n) is 3.19. The molecule has 0 aliphatic rings. The molecule has 0 radical (unpaired) electrons. The van der Waals surface area contributed by atoms with Gasteiger partial charge in [-0.15, -0.1) is 0 Å². The lowest BCUT2D eigenvalue weighted by Crippen LogP contribution is -2.20. The highest BCUT2D eigenvalue weighted by atomic mass is 127. The van der Waals surface area contributed by atoms with Crippen molar-refractivity contribution in [1.82, 2.24) is 9.88 Å². The average Bonchev–Trinajstić information content (AvgIpc) is 2.28. The molecule has 0 saturated heterocycles. The fourth-order valence-corrected chi connectivity index (χ4v) is 1.59. The second-order valence-electron chi connectivity index (χ2n) is 2.23. The third-order valence-corrected chi connectivity index (χ3v) is 2.02. The van der Waals surface area contributed by atoms with Crippen molar-refractivity contribution in [3.8, 4) is 0 Å². The lowest BCUT2D eigenvalue weighted by atomic mass is 10.4. The second-order valence-corrected chi connectivity index (χ2v) is 3.48. The Morgan fingerprint density at radius 1 is 1.73 bits per heavy atom. The molecule has 0 atom stereocenters. The molecule has 0 bridgehead atoms. The van der Waals surface area contributed by atoms with Crippen molar-refractivity contribution in [3.63, 3.8) is 0 Å². The fourth-order valence-electron chi connectivity index (χ4n) is 0.878. The summed E-state index contributed by atoms with van der Waals surface area (Å²) in [7, 11) is 3.48. The molecule has 60 valence electrons. The van der Waals surface area contributed by atoms with Gasteiger partial charge in [-0.05, 0) is 28.7 Å². The molecule has 1 heterocycles. The van der Waals surface area contributed by atoms with Gasteiger partial charge in [0.2, 0.25) is 0 Å². The smallest absolute Gasteiger partial charge is 0.267 e. The van der Waals surface area contributed by atoms with E-state index in [0.717, 1.165) is 3.57 Å². The van der Waals surface area contributed by atoms with Crippen LogP contribution < -0.4 is 5.32 Å². The van der Waals surface area contributed by atoms with E-state index >= 15 is 0 Å². The normalized spacial score (nSPS) is 9.73. The van der Waals surface area contributed by atoms with Gasteiger partial charge < -0.3 is 9.88 Å². The number of carbonyl (C=O) groups is 1. The van der Waals surface area contributed by atoms with E-state index in [1.807, 2.05) is 19.3 Å². The predicted molar refractivity (Wildman–Crippen MR) is 51.5 cm³/mol. The van der Waals surface area contributed by atoms with Crippen LogP contribution >= 0.6 is 22.6 Å². The summed E-state index contributed by atoms with van der Waals surface area (Å²) in [6.45, 7) is 0. The lowest BCUT2D eigenvalue weighted by Gasteiger charge is -1.98. The topological polar surface area (TPSA) is 34.0 Å². The Morgan fingerprint density at radius 2 is 2.36 bits per heavy atom. The van der Waals surface area contributed by atoms with Crippen LogP contribution in [0.5, 0.6) is 0 Å². The van der Waals surface area contributed by atoms with Crippen molar-refractivity contribution in [2.45, 2.75) is 0 Å². The van der Waals surface area contributed by atoms with E-state index in [2.05, 4.69) is 27.9 Å². The Morgan fingerprint density at radius 3 is 2.73 bits per heavy atom. The first-order chi connectivity index (χ1) is 5.15. The van der Waals surface area contributed by atoms with E-state index in [0.29, 0.717) is 5.69 Å². The number of rotatable bonds is 1. The summed E-state index contributed by atoms with van der Waals surface area (Å²) in [5.41, 5.74) is 0.692. The Bertz CT molecular complexity index is 280. The monoisotopic (exact) mass is 264 g/mol. The standard InChI is InChI=1S/C7H9IN2O/c1-9-7(11)6-3-5(8)4-10(6)2/h3-4H,1-2H3,(H,9,11). The van der Waals surface area contributed by atoms with E-state index in [-0.39, 0.29) is 5.91 Å². The first kappa shape index (κ1) is 8.58. The fraction of sp³-hybridized carbons (Fsp3) is 0.286. The molecule has 1 N–H and O–H groups in total. The maximum Gasteiger partial charge on any atom is 0.267 e. The number of hydrogen-bond acceptors (Lipinski definition) is 1. The summed E-state index contributed by atoms with van der Waals surface area (Å²) in [6.07, 6.45) is 1.91. The minimum atomic E-state index is -0.0459. The van der Waals surface area contributed by atoms with Gasteiger partial charge in [0.15, 0.2) is 0 Å². The zero-order chi connectivity index (χ0) is 8.43. The summed E-state index contributed by atoms with van der Waals surface area (Å²) in [5.74, 6) is -0.0459. The van der Waals surface area contributed by atoms with E-state index in [9.17, 15) is 4.79 Å². The SMILES string of the molecule is CNC(=O)c1cc(I)cn1C. The highest BCUT2D eigenvalue weighted by Crippen LogP contribution is 2.08. The van der Waals surface area contributed by atoms with Crippen LogP contribution in [0.3, 0.4) is 0 Å². The number of nitrogens with zero attached hydrogens (tertiary/aromatic N) is 1. The number of amides is 1. The number of aromatic nitrogens is 1. The molecule has 0 saturated carbocycles. The van der Waals surface area contributed by atoms with Crippen LogP contribution in [0.1, 0.15) is 10.5 Å². The molecule has 4 heteroatoms. The Hall–Kier alpha value is -0.520. The summed E-state index contributed by atoms with van der Waals surface area (Å²) in [6, 6.07) is 1.85. The number of carbonyl (C=O) groups excluding carboxylic acids is 1. The van der Waals surface area contributed by atoms with Crippen LogP contribution in [0.2, 0.25) is 0 Å². The molecule has 3 nitrogen and oxygen atoms in total. The van der Waals surface area contributed by atoms with Gasteiger partial charge in [-0.25, -0.2) is 0 Å². The molecule has 0 unspecified atom stereocenters. The molecule has 1 aromatic rings. The highest BCUT2D eigenvalue weighted by Gasteiger charge is 2.07. The maximum absolute atomic E-state index is 11.1. The number of halogens is 1. The molecule has 0 spiro atoms. The molecule has 1 rings (SSSR count). The summed E-state index contributed by atoms with van der Waals surface area (Å²) in [5, 5.41) is 2.57. The van der Waals surface area contributed by atoms with Gasteiger partial charge in [0.25, 0.3) is 5.91 Å². The molecule has 1 aromatic heterocycles. The quantitative estimate of drug-likeness (QED) is 0.754. The van der Waals surface area contributed by atoms with Gasteiger partial charge in [-0.3, -0.25) is 4.79 Å². The van der Waals surface area contributed by atoms with Crippen LogP contribution in [-0.2, 0) is 7.05 Å². The van der Waals surface area contributed by atoms with Crippen LogP contribution in [0.15, 0.2) is 12.3 Å². The highest BCUT2D eigenvalue weighted by molar-refractivity contribution is 14.1. The van der Waals surface area contributed by atoms with Crippen molar-refractivity contribution in [2.75, 3.05) is 7.05 Å². The van der Waals surface area contributed by atoms with Crippen molar-refractivity contribution >= 4 is 28.5 Å². The van der Waals surface area contributed by atoms with Crippen molar-refractivity contribution in [2.24, 2.45) is 7.05 Å². The predicted octanol–water partition coefficient (Wildman–Crippen LogP) is 0.989.